The summed E-state index contributed by atoms with van der Waals surface area (Å²) in [4.78, 5) is 8.47. The van der Waals surface area contributed by atoms with E-state index in [9.17, 15) is 0 Å². The monoisotopic (exact) mass is 356 g/mol. The summed E-state index contributed by atoms with van der Waals surface area (Å²) in [7, 11) is 0. The van der Waals surface area contributed by atoms with E-state index in [-0.39, 0.29) is 0 Å². The first-order valence-corrected chi connectivity index (χ1v) is 9.51. The fourth-order valence-corrected chi connectivity index (χ4v) is 4.36. The molecule has 1 atom stereocenters. The number of aromatic amines is 1. The van der Waals surface area contributed by atoms with Gasteiger partial charge in [-0.2, -0.15) is 4.98 Å². The van der Waals surface area contributed by atoms with Crippen molar-refractivity contribution in [2.45, 2.75) is 32.5 Å². The molecule has 6 heteroatoms. The fraction of sp³-hybridized carbons (Fsp3) is 0.333. The Morgan fingerprint density at radius 3 is 2.88 bits per heavy atom. The van der Waals surface area contributed by atoms with Gasteiger partial charge < -0.3 is 0 Å². The van der Waals surface area contributed by atoms with Gasteiger partial charge >= 0.3 is 0 Å². The molecule has 124 valence electrons. The average molecular weight is 357 g/mol. The lowest BCUT2D eigenvalue weighted by Gasteiger charge is -2.23. The van der Waals surface area contributed by atoms with Crippen molar-refractivity contribution in [2.75, 3.05) is 6.54 Å². The smallest absolute Gasteiger partial charge is 0.217 e. The van der Waals surface area contributed by atoms with Crippen molar-refractivity contribution in [1.82, 2.24) is 19.7 Å². The predicted molar refractivity (Wildman–Crippen MR) is 101 cm³/mol. The minimum Gasteiger partial charge on any atom is -0.278 e. The molecule has 1 aliphatic rings. The molecular formula is C18H20N4S2. The van der Waals surface area contributed by atoms with Gasteiger partial charge in [0, 0.05) is 23.0 Å². The lowest BCUT2D eigenvalue weighted by Crippen LogP contribution is -2.26. The maximum atomic E-state index is 5.47. The minimum atomic E-state index is 0.498. The van der Waals surface area contributed by atoms with Crippen molar-refractivity contribution < 1.29 is 0 Å². The van der Waals surface area contributed by atoms with Gasteiger partial charge in [0.05, 0.1) is 6.67 Å². The molecule has 1 N–H and O–H groups in total. The molecule has 0 spiro atoms. The van der Waals surface area contributed by atoms with E-state index < -0.39 is 0 Å². The maximum absolute atomic E-state index is 5.47. The van der Waals surface area contributed by atoms with Gasteiger partial charge in [-0.3, -0.25) is 10.00 Å². The van der Waals surface area contributed by atoms with Gasteiger partial charge in [0.25, 0.3) is 0 Å². The largest absolute Gasteiger partial charge is 0.278 e. The number of rotatable bonds is 4. The number of aromatic nitrogens is 3. The second-order valence-corrected chi connectivity index (χ2v) is 7.62. The number of nitrogens with zero attached hydrogens (tertiary/aromatic N) is 3. The number of benzene rings is 1. The zero-order valence-corrected chi connectivity index (χ0v) is 15.2. The summed E-state index contributed by atoms with van der Waals surface area (Å²) in [5.41, 5.74) is 2.31. The highest BCUT2D eigenvalue weighted by atomic mass is 32.1. The molecule has 4 nitrogen and oxygen atoms in total. The molecule has 0 bridgehead atoms. The van der Waals surface area contributed by atoms with Crippen LogP contribution in [-0.2, 0) is 6.67 Å². The second-order valence-electron chi connectivity index (χ2n) is 6.28. The molecule has 0 unspecified atom stereocenters. The molecule has 0 radical (unpaired) electrons. The normalized spacial score (nSPS) is 18.3. The van der Waals surface area contributed by atoms with E-state index in [4.69, 9.17) is 12.2 Å². The van der Waals surface area contributed by atoms with Crippen LogP contribution in [-0.4, -0.2) is 26.2 Å². The third-order valence-electron chi connectivity index (χ3n) is 4.56. The van der Waals surface area contributed by atoms with Gasteiger partial charge in [0.1, 0.15) is 0 Å². The standard InChI is InChI=1S/C18H20N4S2/c1-13-6-8-14(9-7-13)17-19-18(23)22(20-17)12-21-10-2-4-15(21)16-5-3-11-24-16/h3,5-9,11,15H,2,4,10,12H2,1H3,(H,19,20,23)/t15-/m1/s1. The topological polar surface area (TPSA) is 36.9 Å². The van der Waals surface area contributed by atoms with Crippen molar-refractivity contribution in [1.29, 1.82) is 0 Å². The first-order chi connectivity index (χ1) is 11.7. The Hall–Kier alpha value is -1.76. The molecular weight excluding hydrogens is 336 g/mol. The maximum Gasteiger partial charge on any atom is 0.217 e. The number of hydrogen-bond donors (Lipinski definition) is 1. The van der Waals surface area contributed by atoms with Gasteiger partial charge in [-0.15, -0.1) is 11.3 Å². The Balaban J connectivity index is 1.57. The van der Waals surface area contributed by atoms with E-state index in [1.807, 2.05) is 16.0 Å². The van der Waals surface area contributed by atoms with Crippen molar-refractivity contribution >= 4 is 23.6 Å². The molecule has 0 saturated carbocycles. The Labute approximate surface area is 150 Å². The van der Waals surface area contributed by atoms with Gasteiger partial charge in [-0.05, 0) is 43.4 Å². The van der Waals surface area contributed by atoms with Crippen LogP contribution < -0.4 is 0 Å². The van der Waals surface area contributed by atoms with E-state index >= 15 is 0 Å². The highest BCUT2D eigenvalue weighted by molar-refractivity contribution is 7.71. The lowest BCUT2D eigenvalue weighted by atomic mass is 10.1. The molecule has 1 aromatic carbocycles. The first kappa shape index (κ1) is 15.7. The minimum absolute atomic E-state index is 0.498. The zero-order chi connectivity index (χ0) is 16.5. The zero-order valence-electron chi connectivity index (χ0n) is 13.6. The number of nitrogens with one attached hydrogen (secondary N) is 1. The van der Waals surface area contributed by atoms with Gasteiger partial charge in [0.15, 0.2) is 5.82 Å². The highest BCUT2D eigenvalue weighted by Gasteiger charge is 2.27. The third-order valence-corrected chi connectivity index (χ3v) is 5.85. The van der Waals surface area contributed by atoms with Crippen LogP contribution in [0.5, 0.6) is 0 Å². The molecule has 24 heavy (non-hydrogen) atoms. The average Bonchev–Trinajstić information content (AvgIpc) is 3.30. The summed E-state index contributed by atoms with van der Waals surface area (Å²) < 4.78 is 2.60. The first-order valence-electron chi connectivity index (χ1n) is 8.22. The van der Waals surface area contributed by atoms with Gasteiger partial charge in [-0.1, -0.05) is 35.9 Å². The SMILES string of the molecule is Cc1ccc(-c2nc(=S)n(CN3CCC[C@@H]3c3cccs3)[nH]2)cc1. The molecule has 0 aliphatic carbocycles. The number of H-pyrrole nitrogens is 1. The van der Waals surface area contributed by atoms with Crippen LogP contribution in [0.25, 0.3) is 11.4 Å². The van der Waals surface area contributed by atoms with E-state index in [0.717, 1.165) is 24.6 Å². The predicted octanol–water partition coefficient (Wildman–Crippen LogP) is 4.77. The Bertz CT molecular complexity index is 861. The summed E-state index contributed by atoms with van der Waals surface area (Å²) in [6, 6.07) is 13.2. The summed E-state index contributed by atoms with van der Waals surface area (Å²) in [5.74, 6) is 0.840. The van der Waals surface area contributed by atoms with Crippen LogP contribution in [0.4, 0.5) is 0 Å². The van der Waals surface area contributed by atoms with Crippen LogP contribution >= 0.6 is 23.6 Å². The van der Waals surface area contributed by atoms with Crippen LogP contribution in [0.3, 0.4) is 0 Å². The molecule has 3 aromatic rings. The molecule has 1 fully saturated rings. The summed E-state index contributed by atoms with van der Waals surface area (Å²) in [6.07, 6.45) is 2.45. The van der Waals surface area contributed by atoms with E-state index in [1.165, 1.54) is 23.3 Å². The molecule has 4 rings (SSSR count). The summed E-state index contributed by atoms with van der Waals surface area (Å²) in [6.45, 7) is 3.95. The Morgan fingerprint density at radius 1 is 1.29 bits per heavy atom. The number of aryl methyl sites for hydroxylation is 1. The van der Waals surface area contributed by atoms with E-state index in [1.54, 1.807) is 0 Å². The Morgan fingerprint density at radius 2 is 2.12 bits per heavy atom. The van der Waals surface area contributed by atoms with Crippen LogP contribution in [0.2, 0.25) is 0 Å². The molecule has 1 saturated heterocycles. The summed E-state index contributed by atoms with van der Waals surface area (Å²) in [5, 5.41) is 5.53. The van der Waals surface area contributed by atoms with Gasteiger partial charge in [0.2, 0.25) is 4.77 Å². The quantitative estimate of drug-likeness (QED) is 0.684. The van der Waals surface area contributed by atoms with Crippen LogP contribution in [0, 0.1) is 11.7 Å². The van der Waals surface area contributed by atoms with Crippen molar-refractivity contribution in [3.8, 4) is 11.4 Å². The number of hydrogen-bond acceptors (Lipinski definition) is 4. The fourth-order valence-electron chi connectivity index (χ4n) is 3.27. The molecule has 1 aliphatic heterocycles. The molecule has 2 aromatic heterocycles. The molecule has 0 amide bonds. The summed E-state index contributed by atoms with van der Waals surface area (Å²) >= 11 is 7.31. The highest BCUT2D eigenvalue weighted by Crippen LogP contribution is 2.34. The number of thiophene rings is 1. The van der Waals surface area contributed by atoms with E-state index in [0.29, 0.717) is 10.8 Å². The van der Waals surface area contributed by atoms with Crippen molar-refractivity contribution in [3.63, 3.8) is 0 Å². The van der Waals surface area contributed by atoms with E-state index in [2.05, 4.69) is 63.7 Å². The van der Waals surface area contributed by atoms with Crippen molar-refractivity contribution in [2.24, 2.45) is 0 Å². The van der Waals surface area contributed by atoms with Crippen LogP contribution in [0.15, 0.2) is 41.8 Å². The van der Waals surface area contributed by atoms with Crippen molar-refractivity contribution in [3.05, 3.63) is 57.0 Å². The lowest BCUT2D eigenvalue weighted by molar-refractivity contribution is 0.192. The number of likely N-dealkylation sites (tertiary alicyclic amines) is 1. The third kappa shape index (κ3) is 3.09. The van der Waals surface area contributed by atoms with Crippen LogP contribution in [0.1, 0.15) is 29.3 Å². The molecule has 3 heterocycles. The Kier molecular flexibility index (Phi) is 4.35. The second kappa shape index (κ2) is 6.63. The van der Waals surface area contributed by atoms with Gasteiger partial charge in [-0.25, -0.2) is 4.68 Å².